The lowest BCUT2D eigenvalue weighted by molar-refractivity contribution is -0.142. The Balaban J connectivity index is 2.89. The van der Waals surface area contributed by atoms with Crippen molar-refractivity contribution in [3.05, 3.63) is 34.9 Å². The SMILES string of the molecule is CC(N)(Cc1ccccc1Cl)C(=O)O. The second-order valence-electron chi connectivity index (χ2n) is 3.49. The van der Waals surface area contributed by atoms with E-state index in [4.69, 9.17) is 22.4 Å². The molecule has 0 saturated heterocycles. The maximum absolute atomic E-state index is 10.8. The third-order valence-corrected chi connectivity index (χ3v) is 2.37. The average Bonchev–Trinajstić information content (AvgIpc) is 2.08. The summed E-state index contributed by atoms with van der Waals surface area (Å²) in [6.07, 6.45) is 0.224. The summed E-state index contributed by atoms with van der Waals surface area (Å²) in [5, 5.41) is 9.37. The van der Waals surface area contributed by atoms with Gasteiger partial charge in [-0.15, -0.1) is 0 Å². The highest BCUT2D eigenvalue weighted by atomic mass is 35.5. The van der Waals surface area contributed by atoms with E-state index in [0.29, 0.717) is 5.02 Å². The number of nitrogens with two attached hydrogens (primary N) is 1. The monoisotopic (exact) mass is 213 g/mol. The quantitative estimate of drug-likeness (QED) is 0.803. The molecular formula is C10H12ClNO2. The van der Waals surface area contributed by atoms with Gasteiger partial charge in [-0.2, -0.15) is 0 Å². The molecular weight excluding hydrogens is 202 g/mol. The summed E-state index contributed by atoms with van der Waals surface area (Å²) in [5.41, 5.74) is 5.08. The molecule has 0 saturated carbocycles. The van der Waals surface area contributed by atoms with Crippen molar-refractivity contribution >= 4 is 17.6 Å². The summed E-state index contributed by atoms with van der Waals surface area (Å²) in [6.45, 7) is 1.47. The minimum absolute atomic E-state index is 0.224. The second-order valence-corrected chi connectivity index (χ2v) is 3.90. The number of aliphatic carboxylic acids is 1. The summed E-state index contributed by atoms with van der Waals surface area (Å²) in [4.78, 5) is 10.8. The summed E-state index contributed by atoms with van der Waals surface area (Å²) >= 11 is 5.89. The molecule has 3 nitrogen and oxygen atoms in total. The first kappa shape index (κ1) is 11.0. The van der Waals surface area contributed by atoms with E-state index in [-0.39, 0.29) is 6.42 Å². The molecule has 0 aliphatic carbocycles. The molecule has 14 heavy (non-hydrogen) atoms. The Bertz CT molecular complexity index is 350. The van der Waals surface area contributed by atoms with Crippen molar-refractivity contribution in [2.75, 3.05) is 0 Å². The summed E-state index contributed by atoms with van der Waals surface area (Å²) in [5.74, 6) is -1.03. The molecule has 0 aromatic heterocycles. The topological polar surface area (TPSA) is 63.3 Å². The van der Waals surface area contributed by atoms with Crippen LogP contribution >= 0.6 is 11.6 Å². The van der Waals surface area contributed by atoms with E-state index in [1.165, 1.54) is 6.92 Å². The van der Waals surface area contributed by atoms with Crippen LogP contribution in [0.3, 0.4) is 0 Å². The second kappa shape index (κ2) is 3.98. The fraction of sp³-hybridized carbons (Fsp3) is 0.300. The highest BCUT2D eigenvalue weighted by Gasteiger charge is 2.28. The zero-order chi connectivity index (χ0) is 10.8. The van der Waals surface area contributed by atoms with E-state index >= 15 is 0 Å². The molecule has 4 heteroatoms. The first-order chi connectivity index (χ1) is 6.43. The molecule has 0 heterocycles. The molecule has 0 spiro atoms. The van der Waals surface area contributed by atoms with Crippen molar-refractivity contribution in [3.8, 4) is 0 Å². The van der Waals surface area contributed by atoms with Gasteiger partial charge in [-0.1, -0.05) is 29.8 Å². The number of rotatable bonds is 3. The Morgan fingerprint density at radius 1 is 1.57 bits per heavy atom. The van der Waals surface area contributed by atoms with Crippen LogP contribution in [0.4, 0.5) is 0 Å². The zero-order valence-corrected chi connectivity index (χ0v) is 8.58. The van der Waals surface area contributed by atoms with E-state index in [2.05, 4.69) is 0 Å². The number of carboxylic acid groups (broad SMARTS) is 1. The third kappa shape index (κ3) is 2.47. The smallest absolute Gasteiger partial charge is 0.323 e. The molecule has 3 N–H and O–H groups in total. The normalized spacial score (nSPS) is 14.8. The highest BCUT2D eigenvalue weighted by molar-refractivity contribution is 6.31. The molecule has 0 aliphatic heterocycles. The van der Waals surface area contributed by atoms with Gasteiger partial charge >= 0.3 is 5.97 Å². The first-order valence-corrected chi connectivity index (χ1v) is 4.57. The van der Waals surface area contributed by atoms with Gasteiger partial charge < -0.3 is 10.8 Å². The molecule has 0 radical (unpaired) electrons. The summed E-state index contributed by atoms with van der Waals surface area (Å²) in [7, 11) is 0. The van der Waals surface area contributed by atoms with Crippen LogP contribution < -0.4 is 5.73 Å². The van der Waals surface area contributed by atoms with Crippen LogP contribution in [0.2, 0.25) is 5.02 Å². The lowest BCUT2D eigenvalue weighted by Gasteiger charge is -2.19. The summed E-state index contributed by atoms with van der Waals surface area (Å²) < 4.78 is 0. The van der Waals surface area contributed by atoms with Crippen molar-refractivity contribution in [2.45, 2.75) is 18.9 Å². The Labute approximate surface area is 87.5 Å². The van der Waals surface area contributed by atoms with Crippen LogP contribution in [0.1, 0.15) is 12.5 Å². The lowest BCUT2D eigenvalue weighted by Crippen LogP contribution is -2.46. The Kier molecular flexibility index (Phi) is 3.13. The molecule has 1 unspecified atom stereocenters. The number of hydrogen-bond acceptors (Lipinski definition) is 2. The van der Waals surface area contributed by atoms with Crippen LogP contribution in [0, 0.1) is 0 Å². The molecule has 0 aliphatic rings. The molecule has 1 aromatic carbocycles. The Hall–Kier alpha value is -1.06. The maximum Gasteiger partial charge on any atom is 0.323 e. The largest absolute Gasteiger partial charge is 0.480 e. The van der Waals surface area contributed by atoms with E-state index in [1.54, 1.807) is 24.3 Å². The van der Waals surface area contributed by atoms with Gasteiger partial charge in [-0.3, -0.25) is 4.79 Å². The number of halogens is 1. The molecule has 1 atom stereocenters. The Morgan fingerprint density at radius 2 is 2.14 bits per heavy atom. The van der Waals surface area contributed by atoms with E-state index in [9.17, 15) is 4.79 Å². The fourth-order valence-corrected chi connectivity index (χ4v) is 1.32. The van der Waals surface area contributed by atoms with E-state index < -0.39 is 11.5 Å². The standard InChI is InChI=1S/C10H12ClNO2/c1-10(12,9(13)14)6-7-4-2-3-5-8(7)11/h2-5H,6,12H2,1H3,(H,13,14). The minimum atomic E-state index is -1.27. The molecule has 1 aromatic rings. The number of benzene rings is 1. The van der Waals surface area contributed by atoms with Crippen LogP contribution in [-0.2, 0) is 11.2 Å². The van der Waals surface area contributed by atoms with E-state index in [0.717, 1.165) is 5.56 Å². The van der Waals surface area contributed by atoms with Gasteiger partial charge in [0.25, 0.3) is 0 Å². The fourth-order valence-electron chi connectivity index (χ4n) is 1.11. The van der Waals surface area contributed by atoms with E-state index in [1.807, 2.05) is 0 Å². The van der Waals surface area contributed by atoms with Gasteiger partial charge in [0, 0.05) is 11.4 Å². The third-order valence-electron chi connectivity index (χ3n) is 2.00. The van der Waals surface area contributed by atoms with Crippen molar-refractivity contribution in [2.24, 2.45) is 5.73 Å². The predicted octanol–water partition coefficient (Wildman–Crippen LogP) is 1.68. The van der Waals surface area contributed by atoms with Gasteiger partial charge in [0.05, 0.1) is 0 Å². The molecule has 76 valence electrons. The molecule has 0 fully saturated rings. The average molecular weight is 214 g/mol. The minimum Gasteiger partial charge on any atom is -0.480 e. The number of hydrogen-bond donors (Lipinski definition) is 2. The van der Waals surface area contributed by atoms with Crippen molar-refractivity contribution in [1.82, 2.24) is 0 Å². The van der Waals surface area contributed by atoms with Crippen molar-refractivity contribution < 1.29 is 9.90 Å². The van der Waals surface area contributed by atoms with Gasteiger partial charge in [-0.05, 0) is 18.6 Å². The molecule has 0 bridgehead atoms. The van der Waals surface area contributed by atoms with Gasteiger partial charge in [0.1, 0.15) is 5.54 Å². The first-order valence-electron chi connectivity index (χ1n) is 4.19. The zero-order valence-electron chi connectivity index (χ0n) is 7.83. The predicted molar refractivity (Wildman–Crippen MR) is 55.4 cm³/mol. The summed E-state index contributed by atoms with van der Waals surface area (Å²) in [6, 6.07) is 7.09. The van der Waals surface area contributed by atoms with Crippen molar-refractivity contribution in [3.63, 3.8) is 0 Å². The Morgan fingerprint density at radius 3 is 2.64 bits per heavy atom. The van der Waals surface area contributed by atoms with Crippen molar-refractivity contribution in [1.29, 1.82) is 0 Å². The van der Waals surface area contributed by atoms with Crippen LogP contribution in [0.5, 0.6) is 0 Å². The van der Waals surface area contributed by atoms with Crippen LogP contribution in [0.25, 0.3) is 0 Å². The van der Waals surface area contributed by atoms with Gasteiger partial charge in [0.2, 0.25) is 0 Å². The number of carboxylic acids is 1. The lowest BCUT2D eigenvalue weighted by atomic mass is 9.94. The molecule has 1 rings (SSSR count). The maximum atomic E-state index is 10.8. The number of carbonyl (C=O) groups is 1. The van der Waals surface area contributed by atoms with Crippen LogP contribution in [-0.4, -0.2) is 16.6 Å². The molecule has 0 amide bonds. The van der Waals surface area contributed by atoms with Gasteiger partial charge in [-0.25, -0.2) is 0 Å². The highest BCUT2D eigenvalue weighted by Crippen LogP contribution is 2.19. The van der Waals surface area contributed by atoms with Gasteiger partial charge in [0.15, 0.2) is 0 Å². The van der Waals surface area contributed by atoms with Crippen LogP contribution in [0.15, 0.2) is 24.3 Å².